The van der Waals surface area contributed by atoms with Gasteiger partial charge in [0.2, 0.25) is 0 Å². The maximum atomic E-state index is 5.84. The van der Waals surface area contributed by atoms with E-state index in [1.165, 1.54) is 0 Å². The van der Waals surface area contributed by atoms with Gasteiger partial charge >= 0.3 is 0 Å². The third-order valence-electron chi connectivity index (χ3n) is 4.09. The Morgan fingerprint density at radius 1 is 1.24 bits per heavy atom. The van der Waals surface area contributed by atoms with Gasteiger partial charge in [0.25, 0.3) is 0 Å². The van der Waals surface area contributed by atoms with Crippen molar-refractivity contribution in [2.24, 2.45) is 5.73 Å². The molecule has 0 radical (unpaired) electrons. The van der Waals surface area contributed by atoms with E-state index in [1.54, 1.807) is 16.9 Å². The first kappa shape index (κ1) is 14.1. The Morgan fingerprint density at radius 2 is 1.95 bits per heavy atom. The van der Waals surface area contributed by atoms with Gasteiger partial charge in [-0.05, 0) is 24.3 Å². The van der Waals surface area contributed by atoms with Gasteiger partial charge in [-0.1, -0.05) is 12.2 Å². The zero-order chi connectivity index (χ0) is 15.0. The number of rotatable bonds is 3. The Balaban J connectivity index is 1.77. The fourth-order valence-corrected chi connectivity index (χ4v) is 2.66. The van der Waals surface area contributed by atoms with Gasteiger partial charge in [0.05, 0.1) is 22.9 Å². The molecule has 0 aliphatic carbocycles. The molecule has 0 aromatic carbocycles. The van der Waals surface area contributed by atoms with E-state index in [2.05, 4.69) is 44.2 Å². The van der Waals surface area contributed by atoms with Gasteiger partial charge in [0, 0.05) is 26.2 Å². The van der Waals surface area contributed by atoms with Crippen molar-refractivity contribution in [3.8, 4) is 0 Å². The molecule has 0 saturated carbocycles. The highest BCUT2D eigenvalue weighted by Gasteiger charge is 2.32. The second kappa shape index (κ2) is 5.15. The number of nitrogens with zero attached hydrogens (tertiary/aromatic N) is 7. The average Bonchev–Trinajstić information content (AvgIpc) is 2.95. The summed E-state index contributed by atoms with van der Waals surface area (Å²) in [6, 6.07) is 0. The Hall–Kier alpha value is -1.87. The molecule has 0 atom stereocenters. The lowest BCUT2D eigenvalue weighted by Crippen LogP contribution is -2.59. The first-order chi connectivity index (χ1) is 10.00. The molecule has 0 unspecified atom stereocenters. The Kier molecular flexibility index (Phi) is 3.46. The van der Waals surface area contributed by atoms with Crippen LogP contribution in [0.15, 0.2) is 12.4 Å². The van der Waals surface area contributed by atoms with Gasteiger partial charge in [0.1, 0.15) is 0 Å². The van der Waals surface area contributed by atoms with Gasteiger partial charge in [0.15, 0.2) is 11.5 Å². The quantitative estimate of drug-likeness (QED) is 0.774. The average molecular weight is 306 g/mol. The predicted octanol–water partition coefficient (Wildman–Crippen LogP) is -0.294. The summed E-state index contributed by atoms with van der Waals surface area (Å²) < 4.78 is 1.71. The highest BCUT2D eigenvalue weighted by molar-refractivity contribution is 7.80. The van der Waals surface area contributed by atoms with Gasteiger partial charge in [-0.2, -0.15) is 4.52 Å². The number of hydrogen-bond acceptors (Lipinski definition) is 7. The van der Waals surface area contributed by atoms with E-state index in [9.17, 15) is 0 Å². The highest BCUT2D eigenvalue weighted by Crippen LogP contribution is 2.20. The van der Waals surface area contributed by atoms with Crippen LogP contribution in [0.5, 0.6) is 0 Å². The lowest BCUT2D eigenvalue weighted by molar-refractivity contribution is 0.168. The van der Waals surface area contributed by atoms with Crippen LogP contribution in [0.3, 0.4) is 0 Å². The molecular formula is C12H18N8S. The van der Waals surface area contributed by atoms with Crippen LogP contribution in [0.25, 0.3) is 5.65 Å². The van der Waals surface area contributed by atoms with Crippen LogP contribution in [0.4, 0.5) is 5.82 Å². The molecule has 21 heavy (non-hydrogen) atoms. The summed E-state index contributed by atoms with van der Waals surface area (Å²) in [6.07, 6.45) is 3.44. The normalized spacial score (nSPS) is 17.3. The maximum absolute atomic E-state index is 5.84. The zero-order valence-electron chi connectivity index (χ0n) is 12.1. The Labute approximate surface area is 127 Å². The largest absolute Gasteiger partial charge is 0.392 e. The lowest BCUT2D eigenvalue weighted by Gasteiger charge is -2.43. The minimum absolute atomic E-state index is 0.263. The molecular weight excluding hydrogens is 288 g/mol. The van der Waals surface area contributed by atoms with Gasteiger partial charge in [-0.15, -0.1) is 5.10 Å². The molecule has 112 valence electrons. The standard InChI is InChI=1S/C12H18N8S/c1-12(2,11(13)21)19-5-3-18(4-6-19)10-8-14-7-9-15-16-17-20(9)10/h7-8H,3-6H2,1-2H3,(H2,13,21). The van der Waals surface area contributed by atoms with E-state index in [1.807, 2.05) is 0 Å². The SMILES string of the molecule is CC(C)(C(N)=S)N1CCN(c2cncc3nnnn23)CC1. The van der Waals surface area contributed by atoms with Crippen molar-refractivity contribution in [1.82, 2.24) is 29.9 Å². The van der Waals surface area contributed by atoms with Crippen molar-refractivity contribution in [1.29, 1.82) is 0 Å². The van der Waals surface area contributed by atoms with Crippen LogP contribution in [0.2, 0.25) is 0 Å². The molecule has 1 aliphatic rings. The van der Waals surface area contributed by atoms with Gasteiger partial charge in [-0.3, -0.25) is 9.88 Å². The van der Waals surface area contributed by atoms with E-state index in [0.29, 0.717) is 10.6 Å². The molecule has 0 bridgehead atoms. The van der Waals surface area contributed by atoms with E-state index in [4.69, 9.17) is 18.0 Å². The number of thiocarbonyl (C=S) groups is 1. The molecule has 2 aromatic heterocycles. The first-order valence-corrected chi connectivity index (χ1v) is 7.23. The maximum Gasteiger partial charge on any atom is 0.199 e. The van der Waals surface area contributed by atoms with Gasteiger partial charge < -0.3 is 10.6 Å². The number of nitrogens with two attached hydrogens (primary N) is 1. The number of tetrazole rings is 1. The fourth-order valence-electron chi connectivity index (χ4n) is 2.53. The van der Waals surface area contributed by atoms with Crippen molar-refractivity contribution in [2.45, 2.75) is 19.4 Å². The van der Waals surface area contributed by atoms with Crippen molar-refractivity contribution in [2.75, 3.05) is 31.1 Å². The number of aromatic nitrogens is 5. The second-order valence-corrected chi connectivity index (χ2v) is 6.05. The Morgan fingerprint density at radius 3 is 2.62 bits per heavy atom. The molecule has 9 heteroatoms. The molecule has 1 fully saturated rings. The van der Waals surface area contributed by atoms with Crippen LogP contribution >= 0.6 is 12.2 Å². The monoisotopic (exact) mass is 306 g/mol. The summed E-state index contributed by atoms with van der Waals surface area (Å²) in [6.45, 7) is 7.59. The molecule has 0 spiro atoms. The number of piperazine rings is 1. The molecule has 3 rings (SSSR count). The van der Waals surface area contributed by atoms with Crippen molar-refractivity contribution < 1.29 is 0 Å². The predicted molar refractivity (Wildman–Crippen MR) is 83.2 cm³/mol. The van der Waals surface area contributed by atoms with Crippen LogP contribution in [-0.4, -0.2) is 66.6 Å². The summed E-state index contributed by atoms with van der Waals surface area (Å²) in [4.78, 5) is 9.25. The summed E-state index contributed by atoms with van der Waals surface area (Å²) >= 11 is 5.17. The van der Waals surface area contributed by atoms with Crippen molar-refractivity contribution in [3.63, 3.8) is 0 Å². The van der Waals surface area contributed by atoms with Crippen LogP contribution < -0.4 is 10.6 Å². The molecule has 2 N–H and O–H groups in total. The second-order valence-electron chi connectivity index (χ2n) is 5.61. The summed E-state index contributed by atoms with van der Waals surface area (Å²) in [5.41, 5.74) is 6.23. The molecule has 0 amide bonds. The molecule has 8 nitrogen and oxygen atoms in total. The number of anilines is 1. The van der Waals surface area contributed by atoms with Crippen molar-refractivity contribution >= 4 is 28.7 Å². The Bertz CT molecular complexity index is 658. The number of hydrogen-bond donors (Lipinski definition) is 1. The highest BCUT2D eigenvalue weighted by atomic mass is 32.1. The van der Waals surface area contributed by atoms with Gasteiger partial charge in [-0.25, -0.2) is 0 Å². The van der Waals surface area contributed by atoms with Crippen molar-refractivity contribution in [3.05, 3.63) is 12.4 Å². The van der Waals surface area contributed by atoms with Crippen LogP contribution in [0.1, 0.15) is 13.8 Å². The molecule has 1 aliphatic heterocycles. The summed E-state index contributed by atoms with van der Waals surface area (Å²) in [5, 5.41) is 11.6. The summed E-state index contributed by atoms with van der Waals surface area (Å²) in [5.74, 6) is 0.908. The summed E-state index contributed by atoms with van der Waals surface area (Å²) in [7, 11) is 0. The third-order valence-corrected chi connectivity index (χ3v) is 4.59. The first-order valence-electron chi connectivity index (χ1n) is 6.82. The zero-order valence-corrected chi connectivity index (χ0v) is 12.9. The van der Waals surface area contributed by atoms with Crippen LogP contribution in [-0.2, 0) is 0 Å². The van der Waals surface area contributed by atoms with E-state index in [0.717, 1.165) is 32.0 Å². The lowest BCUT2D eigenvalue weighted by atomic mass is 10.0. The topological polar surface area (TPSA) is 88.5 Å². The number of fused-ring (bicyclic) bond motifs is 1. The van der Waals surface area contributed by atoms with E-state index < -0.39 is 0 Å². The minimum atomic E-state index is -0.263. The van der Waals surface area contributed by atoms with E-state index in [-0.39, 0.29) is 5.54 Å². The van der Waals surface area contributed by atoms with E-state index >= 15 is 0 Å². The molecule has 3 heterocycles. The smallest absolute Gasteiger partial charge is 0.199 e. The minimum Gasteiger partial charge on any atom is -0.392 e. The van der Waals surface area contributed by atoms with Crippen LogP contribution in [0, 0.1) is 0 Å². The molecule has 1 saturated heterocycles. The third kappa shape index (κ3) is 2.42. The molecule has 2 aromatic rings. The fraction of sp³-hybridized carbons (Fsp3) is 0.583.